The molecule has 0 bridgehead atoms. The van der Waals surface area contributed by atoms with E-state index < -0.39 is 0 Å². The van der Waals surface area contributed by atoms with Crippen molar-refractivity contribution in [2.45, 2.75) is 26.4 Å². The molecule has 80 valence electrons. The molecule has 0 atom stereocenters. The van der Waals surface area contributed by atoms with Crippen LogP contribution < -0.4 is 11.1 Å². The summed E-state index contributed by atoms with van der Waals surface area (Å²) in [5.41, 5.74) is 7.64. The van der Waals surface area contributed by atoms with Gasteiger partial charge < -0.3 is 15.5 Å². The summed E-state index contributed by atoms with van der Waals surface area (Å²) in [6, 6.07) is 2.20. The molecule has 2 heterocycles. The molecule has 15 heavy (non-hydrogen) atoms. The second-order valence-electron chi connectivity index (χ2n) is 3.62. The van der Waals surface area contributed by atoms with E-state index in [1.807, 2.05) is 6.07 Å². The number of rotatable bonds is 3. The van der Waals surface area contributed by atoms with E-state index in [4.69, 9.17) is 10.2 Å². The van der Waals surface area contributed by atoms with Gasteiger partial charge in [-0.2, -0.15) is 4.98 Å². The predicted octanol–water partition coefficient (Wildman–Crippen LogP) is 1.50. The van der Waals surface area contributed by atoms with Gasteiger partial charge in [0.05, 0.1) is 12.2 Å². The molecular formula is C10H14N4O. The fourth-order valence-electron chi connectivity index (χ4n) is 1.39. The minimum Gasteiger partial charge on any atom is -0.435 e. The van der Waals surface area contributed by atoms with E-state index in [-0.39, 0.29) is 6.54 Å². The van der Waals surface area contributed by atoms with Crippen LogP contribution in [0.15, 0.2) is 16.7 Å². The summed E-state index contributed by atoms with van der Waals surface area (Å²) in [6.07, 6.45) is 1.70. The number of oxazole rings is 1. The third-order valence-electron chi connectivity index (χ3n) is 1.96. The normalized spacial score (nSPS) is 11.2. The van der Waals surface area contributed by atoms with Gasteiger partial charge in [-0.1, -0.05) is 0 Å². The Bertz CT molecular complexity index is 463. The Morgan fingerprint density at radius 3 is 3.00 bits per heavy atom. The lowest BCUT2D eigenvalue weighted by Gasteiger charge is -2.08. The van der Waals surface area contributed by atoms with E-state index in [0.717, 1.165) is 5.69 Å². The summed E-state index contributed by atoms with van der Waals surface area (Å²) in [7, 11) is 0. The Morgan fingerprint density at radius 2 is 2.33 bits per heavy atom. The molecule has 5 nitrogen and oxygen atoms in total. The lowest BCUT2D eigenvalue weighted by molar-refractivity contribution is 0.533. The van der Waals surface area contributed by atoms with Gasteiger partial charge in [-0.3, -0.25) is 0 Å². The van der Waals surface area contributed by atoms with Crippen LogP contribution in [-0.2, 0) is 6.54 Å². The van der Waals surface area contributed by atoms with Crippen LogP contribution in [0.1, 0.15) is 19.7 Å². The third kappa shape index (κ3) is 1.92. The quantitative estimate of drug-likeness (QED) is 0.795. The van der Waals surface area contributed by atoms with Gasteiger partial charge in [-0.25, -0.2) is 4.98 Å². The third-order valence-corrected chi connectivity index (χ3v) is 1.96. The van der Waals surface area contributed by atoms with E-state index in [9.17, 15) is 0 Å². The zero-order valence-electron chi connectivity index (χ0n) is 8.82. The monoisotopic (exact) mass is 206 g/mol. The molecule has 2 rings (SSSR count). The SMILES string of the molecule is CC(C)Nc1ccnc2nc(CN)oc12. The summed E-state index contributed by atoms with van der Waals surface area (Å²) in [5, 5.41) is 3.27. The lowest BCUT2D eigenvalue weighted by Crippen LogP contribution is -2.09. The number of nitrogens with two attached hydrogens (primary N) is 1. The molecule has 0 saturated heterocycles. The molecule has 2 aromatic heterocycles. The second-order valence-corrected chi connectivity index (χ2v) is 3.62. The summed E-state index contributed by atoms with van der Waals surface area (Å²) in [6.45, 7) is 4.41. The van der Waals surface area contributed by atoms with E-state index >= 15 is 0 Å². The van der Waals surface area contributed by atoms with E-state index in [1.54, 1.807) is 6.20 Å². The molecule has 0 aliphatic rings. The van der Waals surface area contributed by atoms with Gasteiger partial charge in [0.1, 0.15) is 0 Å². The topological polar surface area (TPSA) is 77.0 Å². The molecule has 0 fully saturated rings. The van der Waals surface area contributed by atoms with Gasteiger partial charge in [0.25, 0.3) is 0 Å². The number of nitrogens with zero attached hydrogens (tertiary/aromatic N) is 2. The van der Waals surface area contributed by atoms with Gasteiger partial charge >= 0.3 is 0 Å². The Labute approximate surface area is 87.7 Å². The standard InChI is InChI=1S/C10H14N4O/c1-6(2)13-7-3-4-12-10-9(7)15-8(5-11)14-10/h3-4,6H,5,11H2,1-2H3,(H,12,13). The Kier molecular flexibility index (Phi) is 2.55. The zero-order chi connectivity index (χ0) is 10.8. The Morgan fingerprint density at radius 1 is 1.53 bits per heavy atom. The second kappa shape index (κ2) is 3.86. The van der Waals surface area contributed by atoms with Gasteiger partial charge in [0, 0.05) is 12.2 Å². The highest BCUT2D eigenvalue weighted by Gasteiger charge is 2.10. The van der Waals surface area contributed by atoms with Gasteiger partial charge in [0.15, 0.2) is 5.58 Å². The number of nitrogens with one attached hydrogen (secondary N) is 1. The maximum absolute atomic E-state index is 5.49. The summed E-state index contributed by atoms with van der Waals surface area (Å²) in [5.74, 6) is 0.510. The van der Waals surface area contributed by atoms with Crippen molar-refractivity contribution >= 4 is 16.9 Å². The molecule has 0 aliphatic heterocycles. The number of pyridine rings is 1. The fraction of sp³-hybridized carbons (Fsp3) is 0.400. The van der Waals surface area contributed by atoms with Gasteiger partial charge in [-0.15, -0.1) is 0 Å². The molecule has 0 aromatic carbocycles. The first-order valence-electron chi connectivity index (χ1n) is 4.91. The van der Waals surface area contributed by atoms with E-state index in [2.05, 4.69) is 29.1 Å². The predicted molar refractivity (Wildman–Crippen MR) is 58.5 cm³/mol. The van der Waals surface area contributed by atoms with Crippen LogP contribution in [0.3, 0.4) is 0 Å². The van der Waals surface area contributed by atoms with Crippen molar-refractivity contribution in [3.8, 4) is 0 Å². The van der Waals surface area contributed by atoms with Crippen LogP contribution >= 0.6 is 0 Å². The number of aromatic nitrogens is 2. The summed E-state index contributed by atoms with van der Waals surface area (Å²) >= 11 is 0. The fourth-order valence-corrected chi connectivity index (χ4v) is 1.39. The molecule has 0 aliphatic carbocycles. The maximum atomic E-state index is 5.49. The van der Waals surface area contributed by atoms with Crippen LogP contribution in [0.2, 0.25) is 0 Å². The number of fused-ring (bicyclic) bond motifs is 1. The molecule has 0 amide bonds. The number of anilines is 1. The molecule has 2 aromatic rings. The molecule has 5 heteroatoms. The Balaban J connectivity index is 2.49. The van der Waals surface area contributed by atoms with Gasteiger partial charge in [-0.05, 0) is 19.9 Å². The average molecular weight is 206 g/mol. The first-order valence-corrected chi connectivity index (χ1v) is 4.91. The molecule has 0 unspecified atom stereocenters. The highest BCUT2D eigenvalue weighted by molar-refractivity contribution is 5.83. The van der Waals surface area contributed by atoms with Crippen molar-refractivity contribution in [2.24, 2.45) is 5.73 Å². The molecule has 0 spiro atoms. The van der Waals surface area contributed by atoms with Crippen LogP contribution in [0.4, 0.5) is 5.69 Å². The summed E-state index contributed by atoms with van der Waals surface area (Å²) < 4.78 is 5.49. The first-order chi connectivity index (χ1) is 7.20. The van der Waals surface area contributed by atoms with E-state index in [0.29, 0.717) is 23.2 Å². The Hall–Kier alpha value is -1.62. The van der Waals surface area contributed by atoms with Crippen LogP contribution in [0.5, 0.6) is 0 Å². The first kappa shape index (κ1) is 9.92. The van der Waals surface area contributed by atoms with Crippen LogP contribution in [0, 0.1) is 0 Å². The van der Waals surface area contributed by atoms with Crippen LogP contribution in [-0.4, -0.2) is 16.0 Å². The zero-order valence-corrected chi connectivity index (χ0v) is 8.82. The highest BCUT2D eigenvalue weighted by Crippen LogP contribution is 2.22. The minimum absolute atomic E-state index is 0.289. The van der Waals surface area contributed by atoms with Crippen LogP contribution in [0.25, 0.3) is 11.2 Å². The van der Waals surface area contributed by atoms with Crippen molar-refractivity contribution in [3.05, 3.63) is 18.2 Å². The molecular weight excluding hydrogens is 192 g/mol. The summed E-state index contributed by atoms with van der Waals surface area (Å²) in [4.78, 5) is 8.27. The molecule has 3 N–H and O–H groups in total. The highest BCUT2D eigenvalue weighted by atomic mass is 16.3. The van der Waals surface area contributed by atoms with Crippen molar-refractivity contribution in [2.75, 3.05) is 5.32 Å². The molecule has 0 saturated carbocycles. The number of hydrogen-bond acceptors (Lipinski definition) is 5. The van der Waals surface area contributed by atoms with Crippen molar-refractivity contribution in [1.29, 1.82) is 0 Å². The minimum atomic E-state index is 0.289. The van der Waals surface area contributed by atoms with Crippen molar-refractivity contribution in [3.63, 3.8) is 0 Å². The lowest BCUT2D eigenvalue weighted by atomic mass is 10.3. The van der Waals surface area contributed by atoms with Crippen molar-refractivity contribution < 1.29 is 4.42 Å². The van der Waals surface area contributed by atoms with Crippen molar-refractivity contribution in [1.82, 2.24) is 9.97 Å². The molecule has 0 radical (unpaired) electrons. The smallest absolute Gasteiger partial charge is 0.210 e. The largest absolute Gasteiger partial charge is 0.435 e. The maximum Gasteiger partial charge on any atom is 0.210 e. The van der Waals surface area contributed by atoms with Gasteiger partial charge in [0.2, 0.25) is 11.5 Å². The number of hydrogen-bond donors (Lipinski definition) is 2. The van der Waals surface area contributed by atoms with E-state index in [1.165, 1.54) is 0 Å². The average Bonchev–Trinajstić information content (AvgIpc) is 2.61.